The zero-order valence-corrected chi connectivity index (χ0v) is 12.6. The van der Waals surface area contributed by atoms with Gasteiger partial charge in [0.1, 0.15) is 0 Å². The molecule has 1 N–H and O–H groups in total. The van der Waals surface area contributed by atoms with E-state index in [-0.39, 0.29) is 0 Å². The Kier molecular flexibility index (Phi) is 5.15. The first kappa shape index (κ1) is 15.0. The third-order valence-corrected chi connectivity index (χ3v) is 2.64. The summed E-state index contributed by atoms with van der Waals surface area (Å²) in [5, 5.41) is 3.40. The van der Waals surface area contributed by atoms with Crippen molar-refractivity contribution in [1.29, 1.82) is 0 Å². The fourth-order valence-corrected chi connectivity index (χ4v) is 1.91. The molecule has 1 aromatic heterocycles. The molecule has 0 aromatic carbocycles. The first-order valence-electron chi connectivity index (χ1n) is 6.67. The van der Waals surface area contributed by atoms with Crippen molar-refractivity contribution in [2.75, 3.05) is 18.5 Å². The maximum Gasteiger partial charge on any atom is 0.0562 e. The summed E-state index contributed by atoms with van der Waals surface area (Å²) in [7, 11) is 2.14. The van der Waals surface area contributed by atoms with Crippen LogP contribution in [-0.2, 0) is 6.54 Å². The highest BCUT2D eigenvalue weighted by Gasteiger charge is 2.14. The minimum Gasteiger partial charge on any atom is -0.374 e. The third kappa shape index (κ3) is 5.50. The molecule has 1 rings (SSSR count). The molecule has 0 saturated heterocycles. The standard InChI is InChI=1S/C15H27N3/c1-12(2)17-10-13-9-14(7-8-16-13)18(6)11-15(3,4)5/h7-9,12,17H,10-11H2,1-6H3. The van der Waals surface area contributed by atoms with Crippen LogP contribution in [0.2, 0.25) is 0 Å². The number of pyridine rings is 1. The monoisotopic (exact) mass is 249 g/mol. The summed E-state index contributed by atoms with van der Waals surface area (Å²) in [5.74, 6) is 0. The Morgan fingerprint density at radius 3 is 2.56 bits per heavy atom. The number of nitrogens with one attached hydrogen (secondary N) is 1. The largest absolute Gasteiger partial charge is 0.374 e. The maximum atomic E-state index is 4.40. The first-order valence-corrected chi connectivity index (χ1v) is 6.67. The number of aromatic nitrogens is 1. The highest BCUT2D eigenvalue weighted by molar-refractivity contribution is 5.45. The molecule has 0 aliphatic rings. The van der Waals surface area contributed by atoms with Crippen molar-refractivity contribution in [3.05, 3.63) is 24.0 Å². The number of rotatable bonds is 5. The van der Waals surface area contributed by atoms with Crippen LogP contribution in [0.3, 0.4) is 0 Å². The Hall–Kier alpha value is -1.09. The number of hydrogen-bond acceptors (Lipinski definition) is 3. The van der Waals surface area contributed by atoms with E-state index in [1.807, 2.05) is 6.20 Å². The quantitative estimate of drug-likeness (QED) is 0.869. The Morgan fingerprint density at radius 2 is 2.00 bits per heavy atom. The van der Waals surface area contributed by atoms with E-state index < -0.39 is 0 Å². The van der Waals surface area contributed by atoms with Crippen molar-refractivity contribution < 1.29 is 0 Å². The summed E-state index contributed by atoms with van der Waals surface area (Å²) in [6, 6.07) is 4.73. The van der Waals surface area contributed by atoms with Gasteiger partial charge in [0.2, 0.25) is 0 Å². The smallest absolute Gasteiger partial charge is 0.0562 e. The summed E-state index contributed by atoms with van der Waals surface area (Å²) < 4.78 is 0. The average Bonchev–Trinajstić information content (AvgIpc) is 2.24. The molecule has 0 fully saturated rings. The van der Waals surface area contributed by atoms with Crippen molar-refractivity contribution in [3.63, 3.8) is 0 Å². The molecule has 18 heavy (non-hydrogen) atoms. The topological polar surface area (TPSA) is 28.2 Å². The van der Waals surface area contributed by atoms with Crippen molar-refractivity contribution in [2.24, 2.45) is 5.41 Å². The second-order valence-corrected chi connectivity index (χ2v) is 6.46. The van der Waals surface area contributed by atoms with Gasteiger partial charge < -0.3 is 10.2 Å². The van der Waals surface area contributed by atoms with E-state index in [2.05, 4.69) is 69.0 Å². The number of nitrogens with zero attached hydrogens (tertiary/aromatic N) is 2. The fraction of sp³-hybridized carbons (Fsp3) is 0.667. The van der Waals surface area contributed by atoms with Crippen LogP contribution in [0.1, 0.15) is 40.3 Å². The summed E-state index contributed by atoms with van der Waals surface area (Å²) in [5.41, 5.74) is 2.64. The summed E-state index contributed by atoms with van der Waals surface area (Å²) in [6.45, 7) is 12.9. The van der Waals surface area contributed by atoms with Gasteiger partial charge in [-0.2, -0.15) is 0 Å². The van der Waals surface area contributed by atoms with Crippen LogP contribution >= 0.6 is 0 Å². The van der Waals surface area contributed by atoms with E-state index in [1.54, 1.807) is 0 Å². The third-order valence-electron chi connectivity index (χ3n) is 2.64. The lowest BCUT2D eigenvalue weighted by molar-refractivity contribution is 0.419. The van der Waals surface area contributed by atoms with E-state index in [0.717, 1.165) is 18.8 Å². The SMILES string of the molecule is CC(C)NCc1cc(N(C)CC(C)(C)C)ccn1. The van der Waals surface area contributed by atoms with Crippen molar-refractivity contribution >= 4 is 5.69 Å². The molecule has 0 atom stereocenters. The molecule has 0 bridgehead atoms. The molecule has 0 unspecified atom stereocenters. The lowest BCUT2D eigenvalue weighted by atomic mass is 9.96. The minimum absolute atomic E-state index is 0.300. The van der Waals surface area contributed by atoms with Crippen molar-refractivity contribution in [2.45, 2.75) is 47.2 Å². The van der Waals surface area contributed by atoms with Gasteiger partial charge >= 0.3 is 0 Å². The predicted molar refractivity (Wildman–Crippen MR) is 78.9 cm³/mol. The fourth-order valence-electron chi connectivity index (χ4n) is 1.91. The molecular weight excluding hydrogens is 222 g/mol. The summed E-state index contributed by atoms with van der Waals surface area (Å²) in [6.07, 6.45) is 1.89. The van der Waals surface area contributed by atoms with E-state index in [1.165, 1.54) is 5.69 Å². The predicted octanol–water partition coefficient (Wildman–Crippen LogP) is 3.06. The van der Waals surface area contributed by atoms with Crippen LogP contribution in [-0.4, -0.2) is 24.6 Å². The van der Waals surface area contributed by atoms with Gasteiger partial charge in [-0.05, 0) is 17.5 Å². The van der Waals surface area contributed by atoms with Crippen LogP contribution in [0.4, 0.5) is 5.69 Å². The summed E-state index contributed by atoms with van der Waals surface area (Å²) in [4.78, 5) is 6.69. The Labute approximate surface area is 112 Å². The Morgan fingerprint density at radius 1 is 1.33 bits per heavy atom. The van der Waals surface area contributed by atoms with E-state index >= 15 is 0 Å². The van der Waals surface area contributed by atoms with E-state index in [0.29, 0.717) is 11.5 Å². The van der Waals surface area contributed by atoms with Crippen LogP contribution in [0, 0.1) is 5.41 Å². The molecule has 102 valence electrons. The zero-order valence-electron chi connectivity index (χ0n) is 12.6. The van der Waals surface area contributed by atoms with Gasteiger partial charge in [0.05, 0.1) is 5.69 Å². The van der Waals surface area contributed by atoms with Crippen LogP contribution < -0.4 is 10.2 Å². The highest BCUT2D eigenvalue weighted by Crippen LogP contribution is 2.20. The Bertz CT molecular complexity index is 366. The molecule has 1 aromatic rings. The molecule has 0 radical (unpaired) electrons. The maximum absolute atomic E-state index is 4.40. The molecule has 0 amide bonds. The molecule has 0 spiro atoms. The van der Waals surface area contributed by atoms with Gasteiger partial charge in [-0.15, -0.1) is 0 Å². The molecule has 0 saturated carbocycles. The van der Waals surface area contributed by atoms with Gasteiger partial charge in [-0.1, -0.05) is 34.6 Å². The van der Waals surface area contributed by atoms with Gasteiger partial charge in [-0.3, -0.25) is 4.98 Å². The van der Waals surface area contributed by atoms with Crippen molar-refractivity contribution in [3.8, 4) is 0 Å². The minimum atomic E-state index is 0.300. The Balaban J connectivity index is 2.69. The van der Waals surface area contributed by atoms with Crippen molar-refractivity contribution in [1.82, 2.24) is 10.3 Å². The first-order chi connectivity index (χ1) is 8.28. The van der Waals surface area contributed by atoms with E-state index in [9.17, 15) is 0 Å². The molecule has 0 aliphatic carbocycles. The lowest BCUT2D eigenvalue weighted by Gasteiger charge is -2.28. The number of anilines is 1. The highest BCUT2D eigenvalue weighted by atomic mass is 15.1. The molecule has 1 heterocycles. The van der Waals surface area contributed by atoms with Gasteiger partial charge in [0.15, 0.2) is 0 Å². The van der Waals surface area contributed by atoms with E-state index in [4.69, 9.17) is 0 Å². The second kappa shape index (κ2) is 6.19. The number of hydrogen-bond donors (Lipinski definition) is 1. The normalized spacial score (nSPS) is 11.9. The van der Waals surface area contributed by atoms with Crippen LogP contribution in [0.5, 0.6) is 0 Å². The van der Waals surface area contributed by atoms with Gasteiger partial charge in [0, 0.05) is 38.1 Å². The van der Waals surface area contributed by atoms with Crippen LogP contribution in [0.15, 0.2) is 18.3 Å². The molecular formula is C15H27N3. The van der Waals surface area contributed by atoms with Gasteiger partial charge in [-0.25, -0.2) is 0 Å². The molecule has 3 nitrogen and oxygen atoms in total. The second-order valence-electron chi connectivity index (χ2n) is 6.46. The zero-order chi connectivity index (χ0) is 13.8. The van der Waals surface area contributed by atoms with Gasteiger partial charge in [0.25, 0.3) is 0 Å². The lowest BCUT2D eigenvalue weighted by Crippen LogP contribution is -2.29. The average molecular weight is 249 g/mol. The summed E-state index contributed by atoms with van der Waals surface area (Å²) >= 11 is 0. The molecule has 0 aliphatic heterocycles. The van der Waals surface area contributed by atoms with Crippen LogP contribution in [0.25, 0.3) is 0 Å². The molecule has 3 heteroatoms.